The van der Waals surface area contributed by atoms with E-state index in [-0.39, 0.29) is 5.82 Å². The van der Waals surface area contributed by atoms with Crippen molar-refractivity contribution in [1.82, 2.24) is 0 Å². The minimum Gasteiger partial charge on any atom is -0.461 e. The zero-order valence-corrected chi connectivity index (χ0v) is 7.00. The molecule has 2 nitrogen and oxygen atoms in total. The van der Waals surface area contributed by atoms with E-state index in [1.54, 1.807) is 13.0 Å². The molecular weight excluding hydrogens is 171 g/mol. The van der Waals surface area contributed by atoms with Gasteiger partial charge in [-0.25, -0.2) is 4.39 Å². The number of hydrogen-bond acceptors (Lipinski definition) is 2. The maximum absolute atomic E-state index is 13.1. The Labute approximate surface area is 74.0 Å². The van der Waals surface area contributed by atoms with Crippen molar-refractivity contribution in [2.24, 2.45) is 0 Å². The van der Waals surface area contributed by atoms with Crippen molar-refractivity contribution in [3.8, 4) is 0 Å². The summed E-state index contributed by atoms with van der Waals surface area (Å²) in [5.74, 6) is 0.237. The third kappa shape index (κ3) is 1.13. The van der Waals surface area contributed by atoms with Gasteiger partial charge in [-0.15, -0.1) is 0 Å². The Bertz CT molecular complexity index is 471. The normalized spacial score (nSPS) is 10.6. The van der Waals surface area contributed by atoms with Gasteiger partial charge in [0.25, 0.3) is 0 Å². The molecule has 13 heavy (non-hydrogen) atoms. The Kier molecular flexibility index (Phi) is 1.65. The summed E-state index contributed by atoms with van der Waals surface area (Å²) in [4.78, 5) is 10.6. The molecule has 0 fully saturated rings. The van der Waals surface area contributed by atoms with Gasteiger partial charge >= 0.3 is 0 Å². The van der Waals surface area contributed by atoms with Crippen LogP contribution in [0.5, 0.6) is 0 Å². The smallest absolute Gasteiger partial charge is 0.153 e. The fraction of sp³-hybridized carbons (Fsp3) is 0.100. The molecule has 0 aliphatic rings. The van der Waals surface area contributed by atoms with Crippen LogP contribution in [0.15, 0.2) is 22.6 Å². The van der Waals surface area contributed by atoms with Crippen molar-refractivity contribution >= 4 is 17.3 Å². The first-order valence-electron chi connectivity index (χ1n) is 3.86. The van der Waals surface area contributed by atoms with Crippen LogP contribution in [0.2, 0.25) is 0 Å². The fourth-order valence-corrected chi connectivity index (χ4v) is 1.33. The second kappa shape index (κ2) is 2.69. The topological polar surface area (TPSA) is 30.2 Å². The highest BCUT2D eigenvalue weighted by atomic mass is 19.1. The van der Waals surface area contributed by atoms with Crippen LogP contribution < -0.4 is 0 Å². The molecule has 0 aliphatic carbocycles. The van der Waals surface area contributed by atoms with Gasteiger partial charge in [-0.1, -0.05) is 0 Å². The summed E-state index contributed by atoms with van der Waals surface area (Å²) in [6.45, 7) is 1.72. The molecule has 0 spiro atoms. The zero-order valence-electron chi connectivity index (χ0n) is 7.00. The predicted octanol–water partition coefficient (Wildman–Crippen LogP) is 2.69. The number of hydrogen-bond donors (Lipinski definition) is 0. The predicted molar refractivity (Wildman–Crippen MR) is 46.3 cm³/mol. The lowest BCUT2D eigenvalue weighted by molar-refractivity contribution is 0.112. The minimum absolute atomic E-state index is 0.326. The summed E-state index contributed by atoms with van der Waals surface area (Å²) in [6, 6.07) is 4.26. The molecule has 1 aromatic heterocycles. The van der Waals surface area contributed by atoms with E-state index >= 15 is 0 Å². The molecule has 0 saturated heterocycles. The van der Waals surface area contributed by atoms with Crippen molar-refractivity contribution in [2.45, 2.75) is 6.92 Å². The summed E-state index contributed by atoms with van der Waals surface area (Å²) in [5, 5.41) is 0.363. The third-order valence-electron chi connectivity index (χ3n) is 1.91. The zero-order chi connectivity index (χ0) is 9.42. The molecule has 1 aromatic carbocycles. The molecule has 2 aromatic rings. The van der Waals surface area contributed by atoms with Gasteiger partial charge in [-0.2, -0.15) is 0 Å². The van der Waals surface area contributed by atoms with E-state index in [1.165, 1.54) is 12.1 Å². The maximum atomic E-state index is 13.1. The molecule has 66 valence electrons. The molecule has 0 N–H and O–H groups in total. The van der Waals surface area contributed by atoms with Crippen LogP contribution in [-0.4, -0.2) is 6.29 Å². The van der Waals surface area contributed by atoms with Crippen molar-refractivity contribution in [2.75, 3.05) is 0 Å². The number of rotatable bonds is 1. The maximum Gasteiger partial charge on any atom is 0.153 e. The van der Waals surface area contributed by atoms with E-state index in [0.717, 1.165) is 0 Å². The first-order valence-corrected chi connectivity index (χ1v) is 3.86. The van der Waals surface area contributed by atoms with Gasteiger partial charge in [0, 0.05) is 0 Å². The largest absolute Gasteiger partial charge is 0.461 e. The molecule has 0 atom stereocenters. The summed E-state index contributed by atoms with van der Waals surface area (Å²) in [5.41, 5.74) is 0.706. The summed E-state index contributed by atoms with van der Waals surface area (Å²) >= 11 is 0. The quantitative estimate of drug-likeness (QED) is 0.628. The average molecular weight is 178 g/mol. The fourth-order valence-electron chi connectivity index (χ4n) is 1.33. The number of aryl methyl sites for hydroxylation is 1. The summed E-state index contributed by atoms with van der Waals surface area (Å²) in [7, 11) is 0. The number of carbonyl (C=O) groups excluding carboxylic acids is 1. The highest BCUT2D eigenvalue weighted by Crippen LogP contribution is 2.24. The van der Waals surface area contributed by atoms with Gasteiger partial charge in [-0.3, -0.25) is 4.79 Å². The molecule has 0 bridgehead atoms. The lowest BCUT2D eigenvalue weighted by atomic mass is 10.1. The molecule has 2 rings (SSSR count). The highest BCUT2D eigenvalue weighted by Gasteiger charge is 2.09. The molecule has 0 aliphatic heterocycles. The number of aldehydes is 1. The first-order chi connectivity index (χ1) is 6.22. The van der Waals surface area contributed by atoms with Crippen LogP contribution in [0.3, 0.4) is 0 Å². The number of halogens is 1. The van der Waals surface area contributed by atoms with Crippen LogP contribution in [-0.2, 0) is 0 Å². The van der Waals surface area contributed by atoms with Crippen molar-refractivity contribution in [1.29, 1.82) is 0 Å². The van der Waals surface area contributed by atoms with Crippen molar-refractivity contribution in [3.63, 3.8) is 0 Å². The van der Waals surface area contributed by atoms with Gasteiger partial charge in [-0.05, 0) is 25.1 Å². The average Bonchev–Trinajstić information content (AvgIpc) is 2.48. The SMILES string of the molecule is Cc1cc2c(F)ccc(C=O)c2o1. The van der Waals surface area contributed by atoms with Gasteiger partial charge in [0.15, 0.2) is 6.29 Å². The van der Waals surface area contributed by atoms with Crippen LogP contribution in [0.1, 0.15) is 16.1 Å². The van der Waals surface area contributed by atoms with Crippen LogP contribution in [0, 0.1) is 12.7 Å². The number of carbonyl (C=O) groups is 1. The number of fused-ring (bicyclic) bond motifs is 1. The number of benzene rings is 1. The summed E-state index contributed by atoms with van der Waals surface area (Å²) in [6.07, 6.45) is 0.657. The number of furan rings is 1. The van der Waals surface area contributed by atoms with Crippen LogP contribution in [0.25, 0.3) is 11.0 Å². The molecule has 3 heteroatoms. The van der Waals surface area contributed by atoms with E-state index in [0.29, 0.717) is 28.6 Å². The lowest BCUT2D eigenvalue weighted by Gasteiger charge is -1.93. The van der Waals surface area contributed by atoms with E-state index in [9.17, 15) is 9.18 Å². The molecular formula is C10H7FO2. The Balaban J connectivity index is 2.91. The van der Waals surface area contributed by atoms with Gasteiger partial charge in [0.1, 0.15) is 17.2 Å². The first kappa shape index (κ1) is 7.98. The Hall–Kier alpha value is -1.64. The van der Waals surface area contributed by atoms with Gasteiger partial charge < -0.3 is 4.42 Å². The van der Waals surface area contributed by atoms with Gasteiger partial charge in [0.05, 0.1) is 10.9 Å². The highest BCUT2D eigenvalue weighted by molar-refractivity contribution is 5.95. The standard InChI is InChI=1S/C10H7FO2/c1-6-4-8-9(11)3-2-7(5-12)10(8)13-6/h2-5H,1H3. The van der Waals surface area contributed by atoms with E-state index in [1.807, 2.05) is 0 Å². The van der Waals surface area contributed by atoms with E-state index in [2.05, 4.69) is 0 Å². The van der Waals surface area contributed by atoms with Gasteiger partial charge in [0.2, 0.25) is 0 Å². The monoisotopic (exact) mass is 178 g/mol. The van der Waals surface area contributed by atoms with E-state index in [4.69, 9.17) is 4.42 Å². The van der Waals surface area contributed by atoms with E-state index < -0.39 is 0 Å². The molecule has 0 saturated carbocycles. The third-order valence-corrected chi connectivity index (χ3v) is 1.91. The Morgan fingerprint density at radius 2 is 2.23 bits per heavy atom. The van der Waals surface area contributed by atoms with Crippen molar-refractivity contribution in [3.05, 3.63) is 35.3 Å². The molecule has 0 unspecified atom stereocenters. The Morgan fingerprint density at radius 1 is 1.46 bits per heavy atom. The second-order valence-corrected chi connectivity index (χ2v) is 2.85. The molecule has 0 radical (unpaired) electrons. The lowest BCUT2D eigenvalue weighted by Crippen LogP contribution is -1.82. The molecule has 0 amide bonds. The van der Waals surface area contributed by atoms with Crippen LogP contribution in [0.4, 0.5) is 4.39 Å². The van der Waals surface area contributed by atoms with Crippen molar-refractivity contribution < 1.29 is 13.6 Å². The minimum atomic E-state index is -0.363. The molecule has 1 heterocycles. The van der Waals surface area contributed by atoms with Crippen LogP contribution >= 0.6 is 0 Å². The Morgan fingerprint density at radius 3 is 2.92 bits per heavy atom. The second-order valence-electron chi connectivity index (χ2n) is 2.85. The summed E-state index contributed by atoms with van der Waals surface area (Å²) < 4.78 is 18.3.